The monoisotopic (exact) mass is 1790 g/mol. The van der Waals surface area contributed by atoms with Gasteiger partial charge in [-0.05, 0) is 208 Å². The number of hydrogen-bond acceptors (Lipinski definition) is 25. The van der Waals surface area contributed by atoms with Crippen molar-refractivity contribution in [2.75, 3.05) is 66.5 Å². The molecule has 4 amide bonds. The molecular formula is C80H100BBr2ClFN21O13. The van der Waals surface area contributed by atoms with Crippen LogP contribution in [-0.2, 0) is 57.6 Å². The quantitative estimate of drug-likeness (QED) is 0.0281. The third kappa shape index (κ3) is 23.6. The van der Waals surface area contributed by atoms with E-state index < -0.39 is 46.8 Å². The number of piperidine rings is 1. The number of aromatic nitrogens is 13. The minimum atomic E-state index is -1.05. The second-order valence-corrected chi connectivity index (χ2v) is 33.5. The number of hydrogen-bond donors (Lipinski definition) is 6. The number of rotatable bonds is 17. The molecule has 5 aliphatic heterocycles. The highest BCUT2D eigenvalue weighted by molar-refractivity contribution is 9.10. The van der Waals surface area contributed by atoms with Crippen molar-refractivity contribution in [1.82, 2.24) is 69.5 Å². The number of ether oxygens (including phenoxy) is 2. The van der Waals surface area contributed by atoms with Crippen molar-refractivity contribution < 1.29 is 68.8 Å². The third-order valence-corrected chi connectivity index (χ3v) is 21.0. The maximum absolute atomic E-state index is 12.3. The van der Waals surface area contributed by atoms with E-state index in [0.717, 1.165) is 126 Å². The predicted octanol–water partition coefficient (Wildman–Crippen LogP) is 9.14. The van der Waals surface area contributed by atoms with Crippen molar-refractivity contribution in [2.45, 2.75) is 175 Å². The number of nitrogens with two attached hydrogens (primary N) is 3. The van der Waals surface area contributed by atoms with Gasteiger partial charge in [-0.25, -0.2) is 34.9 Å². The Hall–Kier alpha value is -10.8. The molecule has 12 heterocycles. The molecule has 5 saturated heterocycles. The molecule has 0 radical (unpaired) electrons. The van der Waals surface area contributed by atoms with Crippen LogP contribution in [0.25, 0.3) is 55.0 Å². The van der Waals surface area contributed by atoms with E-state index in [0.29, 0.717) is 57.7 Å². The van der Waals surface area contributed by atoms with Gasteiger partial charge in [0.25, 0.3) is 17.7 Å². The number of esters is 2. The summed E-state index contributed by atoms with van der Waals surface area (Å²) in [7, 11) is 0.118. The lowest BCUT2D eigenvalue weighted by molar-refractivity contribution is -0.156. The molecule has 7 aromatic heterocycles. The molecule has 0 unspecified atom stereocenters. The number of alkyl halides is 1. The van der Waals surface area contributed by atoms with E-state index in [2.05, 4.69) is 107 Å². The van der Waals surface area contributed by atoms with Crippen LogP contribution >= 0.6 is 44.3 Å². The molecule has 1 aliphatic carbocycles. The number of carbonyl (C=O) groups excluding carboxylic acids is 6. The molecule has 39 heteroatoms. The summed E-state index contributed by atoms with van der Waals surface area (Å²) in [5, 5.41) is 29.3. The summed E-state index contributed by atoms with van der Waals surface area (Å²) in [5.41, 5.74) is 26.9. The van der Waals surface area contributed by atoms with Gasteiger partial charge in [0.1, 0.15) is 41.3 Å². The Morgan fingerprint density at radius 2 is 0.950 bits per heavy atom. The molecule has 3 atom stereocenters. The number of nitrogens with one attached hydrogen (secondary N) is 2. The summed E-state index contributed by atoms with van der Waals surface area (Å²) in [6.07, 6.45) is 19.9. The summed E-state index contributed by atoms with van der Waals surface area (Å²) < 4.78 is 42.5. The molecule has 6 fully saturated rings. The van der Waals surface area contributed by atoms with E-state index in [1.54, 1.807) is 103 Å². The second-order valence-electron chi connectivity index (χ2n) is 31.7. The fourth-order valence-electron chi connectivity index (χ4n) is 13.7. The Morgan fingerprint density at radius 3 is 1.31 bits per heavy atom. The molecule has 6 aliphatic rings. The molecule has 10 aromatic rings. The van der Waals surface area contributed by atoms with Gasteiger partial charge in [0.15, 0.2) is 17.1 Å². The maximum Gasteiger partial charge on any atom is 0.498 e. The number of carbonyl (C=O) groups is 7. The lowest BCUT2D eigenvalue weighted by Gasteiger charge is -2.32. The van der Waals surface area contributed by atoms with Gasteiger partial charge in [-0.1, -0.05) is 34.1 Å². The molecular weight excluding hydrogens is 1690 g/mol. The summed E-state index contributed by atoms with van der Waals surface area (Å²) in [4.78, 5) is 120. The average molecular weight is 1790 g/mol. The molecule has 16 rings (SSSR count). The van der Waals surface area contributed by atoms with Crippen LogP contribution in [0.1, 0.15) is 154 Å². The van der Waals surface area contributed by atoms with Crippen molar-refractivity contribution in [3.05, 3.63) is 136 Å². The number of fused-ring (bicyclic) bond motifs is 4. The highest BCUT2D eigenvalue weighted by atomic mass is 79.9. The Bertz CT molecular complexity index is 5250. The number of carboxylic acid groups (broad SMARTS) is 1. The first kappa shape index (κ1) is 90.6. The van der Waals surface area contributed by atoms with Crippen molar-refractivity contribution >= 4 is 155 Å². The number of benzene rings is 3. The minimum Gasteiger partial charge on any atom is -0.480 e. The molecule has 634 valence electrons. The van der Waals surface area contributed by atoms with Crippen molar-refractivity contribution in [3.63, 3.8) is 0 Å². The van der Waals surface area contributed by atoms with Gasteiger partial charge < -0.3 is 71.9 Å². The number of carboxylic acids is 1. The van der Waals surface area contributed by atoms with E-state index in [9.17, 15) is 38.0 Å². The first-order valence-electron chi connectivity index (χ1n) is 38.8. The van der Waals surface area contributed by atoms with Gasteiger partial charge in [0.05, 0.1) is 41.0 Å². The third-order valence-electron chi connectivity index (χ3n) is 20.0. The minimum absolute atomic E-state index is 0. The van der Waals surface area contributed by atoms with Crippen LogP contribution < -0.4 is 48.0 Å². The fraction of sp³-hybridized carbons (Fsp3) is 0.438. The highest BCUT2D eigenvalue weighted by Gasteiger charge is 2.52. The Balaban J connectivity index is 0.000000171. The molecule has 11 N–H and O–H groups in total. The number of halogens is 4. The molecule has 1 saturated carbocycles. The zero-order valence-corrected chi connectivity index (χ0v) is 72.0. The summed E-state index contributed by atoms with van der Waals surface area (Å²) in [6, 6.07) is 22.2. The van der Waals surface area contributed by atoms with Crippen LogP contribution in [0, 0.1) is 5.92 Å². The number of anilines is 4. The standard InChI is InChI=1S/C22H26N6O3.C18H18N6O3.C14H22BN3O2.C14H16BrN3O3.C11H12BrN3O.CH3F.ClH.H2O/c1-22(2,3)31-18(29)13-28-17-7-6-14(10-16(17)19(26-28)20(23)30)15-11-24-21(25-12-15)27-8-4-5-9-27;19-17(27)16-13-7-11(3-4-14(13)24(22-16)10-15(25)26)12-8-20-18(21-9-12)23-5-1-2-6-23;1-13(2)14(3,4)20-15(19-13)11-9-16-12(17-10-11)18-7-5-6-8-18;1-14(2,3)21-11(19)7-18-10-5-4-8(15)6-9(10)12(17-18)13(16)20;12-9-2-1-3-10(14-9)15-11(16)8-5-6-4-7(6)13-8;1-2;;/h6-7,10-12H,4-5,8-9,13H2,1-3H3,(H2,23,30);3-4,7-9H,1-2,5-6,10H2,(H2,19,27)(H,25,26);9-10H,5-8H2,1-4H3;4-6H,7H2,1-3H3,(H2,16,20);1-3,6-8,13H,4-5H2,(H,14,15,16);1H3;1H;1H2/t;;;;6-,7-,8+;;;/m....1.../s1/i/hD. The van der Waals surface area contributed by atoms with Crippen LogP contribution in [0.15, 0.2) is 119 Å². The molecule has 0 spiro atoms. The van der Waals surface area contributed by atoms with Gasteiger partial charge in [0, 0.05) is 120 Å². The molecule has 119 heavy (non-hydrogen) atoms. The first-order chi connectivity index (χ1) is 56.5. The van der Waals surface area contributed by atoms with Crippen LogP contribution in [0.3, 0.4) is 0 Å². The number of nitrogens with zero attached hydrogens (tertiary/aromatic N) is 16. The van der Waals surface area contributed by atoms with E-state index in [4.69, 9.17) is 48.0 Å². The predicted molar refractivity (Wildman–Crippen MR) is 458 cm³/mol. The van der Waals surface area contributed by atoms with Gasteiger partial charge in [-0.2, -0.15) is 15.3 Å². The van der Waals surface area contributed by atoms with Crippen LogP contribution in [-0.4, -0.2) is 204 Å². The normalized spacial score (nSPS) is 17.3. The van der Waals surface area contributed by atoms with Crippen LogP contribution in [0.2, 0.25) is 0 Å². The van der Waals surface area contributed by atoms with Gasteiger partial charge in [0.2, 0.25) is 25.2 Å². The van der Waals surface area contributed by atoms with Gasteiger partial charge in [-0.15, -0.1) is 12.4 Å². The Morgan fingerprint density at radius 1 is 0.571 bits per heavy atom. The molecule has 3 aromatic carbocycles. The van der Waals surface area contributed by atoms with Gasteiger partial charge in [-0.3, -0.25) is 52.0 Å². The van der Waals surface area contributed by atoms with Crippen LogP contribution in [0.4, 0.5) is 28.1 Å². The number of primary amides is 3. The van der Waals surface area contributed by atoms with E-state index in [1.165, 1.54) is 33.3 Å². The summed E-state index contributed by atoms with van der Waals surface area (Å²) in [5.74, 6) is -0.323. The van der Waals surface area contributed by atoms with Crippen molar-refractivity contribution in [3.8, 4) is 22.3 Å². The molecule has 0 bridgehead atoms. The zero-order valence-electron chi connectivity index (χ0n) is 69.0. The average Bonchev–Trinajstić information content (AvgIpc) is 1.64. The van der Waals surface area contributed by atoms with Crippen LogP contribution in [0.5, 0.6) is 0 Å². The SMILES string of the molecule is CC(C)(C)OC(=O)Cn1nc(C(N)=O)c2cc(-c3cnc(N4CCCC4)nc3)ccc21.CC(C)(C)OC(=O)Cn1nc(C(N)=O)c2cc(Br)ccc21.CC1(C)OB(c2cnc(N3CCCC3)nc2)OC1(C)C.CF.Cl.NC(=O)c1nn(CC(=O)O)c2ccc(-c3cnc(N4CCCC4)nc3)cc12.O=C(Nc1cccc(Br)n1)[C@@H]1C[C@H]2C[C@H]2N1.[2H]O. The van der Waals surface area contributed by atoms with E-state index >= 15 is 0 Å². The smallest absolute Gasteiger partial charge is 0.480 e. The summed E-state index contributed by atoms with van der Waals surface area (Å²) in [6.45, 7) is 24.4. The zero-order chi connectivity index (χ0) is 86.4. The van der Waals surface area contributed by atoms with Crippen molar-refractivity contribution in [1.29, 1.82) is 0 Å². The Labute approximate surface area is 711 Å². The highest BCUT2D eigenvalue weighted by Crippen LogP contribution is 2.41. The fourth-order valence-corrected chi connectivity index (χ4v) is 14.4. The lowest BCUT2D eigenvalue weighted by Crippen LogP contribution is -2.41. The number of pyridine rings is 1. The maximum atomic E-state index is 12.3. The largest absolute Gasteiger partial charge is 0.498 e. The second kappa shape index (κ2) is 39.4. The topological polar surface area (TPSA) is 464 Å². The van der Waals surface area contributed by atoms with Crippen molar-refractivity contribution in [2.24, 2.45) is 23.1 Å². The number of amides is 4. The first-order valence-corrected chi connectivity index (χ1v) is 40.0. The lowest BCUT2D eigenvalue weighted by atomic mass is 9.81. The van der Waals surface area contributed by atoms with E-state index in [-0.39, 0.29) is 79.4 Å². The molecule has 34 nitrogen and oxygen atoms in total. The summed E-state index contributed by atoms with van der Waals surface area (Å²) >= 11 is 6.61. The number of aliphatic carboxylic acids is 1. The van der Waals surface area contributed by atoms with Gasteiger partial charge >= 0.3 is 25.0 Å². The van der Waals surface area contributed by atoms with E-state index in [1.807, 2.05) is 76.5 Å². The Kier molecular flexibility index (Phi) is 30.0.